The van der Waals surface area contributed by atoms with Gasteiger partial charge in [-0.2, -0.15) is 5.10 Å². The Morgan fingerprint density at radius 2 is 2.27 bits per heavy atom. The van der Waals surface area contributed by atoms with Gasteiger partial charge in [0.15, 0.2) is 0 Å². The zero-order chi connectivity index (χ0) is 10.8. The summed E-state index contributed by atoms with van der Waals surface area (Å²) in [6, 6.07) is 5.10. The predicted octanol–water partition coefficient (Wildman–Crippen LogP) is 3.14. The van der Waals surface area contributed by atoms with Crippen LogP contribution in [0, 0.1) is 12.7 Å². The molecule has 0 saturated carbocycles. The zero-order valence-electron chi connectivity index (χ0n) is 8.24. The van der Waals surface area contributed by atoms with Crippen molar-refractivity contribution in [2.75, 3.05) is 0 Å². The Morgan fingerprint density at radius 1 is 1.47 bits per heavy atom. The highest BCUT2D eigenvalue weighted by molar-refractivity contribution is 9.10. The van der Waals surface area contributed by atoms with Crippen molar-refractivity contribution < 1.29 is 4.39 Å². The third-order valence-electron chi connectivity index (χ3n) is 2.17. The average molecular weight is 269 g/mol. The minimum Gasteiger partial charge on any atom is -0.267 e. The van der Waals surface area contributed by atoms with Gasteiger partial charge < -0.3 is 0 Å². The quantitative estimate of drug-likeness (QED) is 0.819. The Morgan fingerprint density at radius 3 is 2.87 bits per heavy atom. The van der Waals surface area contributed by atoms with E-state index < -0.39 is 0 Å². The lowest BCUT2D eigenvalue weighted by Gasteiger charge is -2.03. The summed E-state index contributed by atoms with van der Waals surface area (Å²) in [5.74, 6) is -0.166. The maximum atomic E-state index is 13.0. The molecule has 0 fully saturated rings. The van der Waals surface area contributed by atoms with Gasteiger partial charge in [-0.25, -0.2) is 4.39 Å². The van der Waals surface area contributed by atoms with E-state index in [2.05, 4.69) is 21.0 Å². The van der Waals surface area contributed by atoms with Gasteiger partial charge in [0.25, 0.3) is 0 Å². The Hall–Kier alpha value is -1.16. The summed E-state index contributed by atoms with van der Waals surface area (Å²) in [6.07, 6.45) is 3.62. The van der Waals surface area contributed by atoms with Crippen LogP contribution >= 0.6 is 15.9 Å². The molecule has 2 nitrogen and oxygen atoms in total. The normalized spacial score (nSPS) is 10.6. The molecule has 0 aliphatic rings. The minimum atomic E-state index is -0.166. The lowest BCUT2D eigenvalue weighted by atomic mass is 10.1. The van der Waals surface area contributed by atoms with E-state index in [0.29, 0.717) is 12.1 Å². The van der Waals surface area contributed by atoms with Crippen molar-refractivity contribution in [1.29, 1.82) is 0 Å². The Bertz CT molecular complexity index is 479. The first-order valence-corrected chi connectivity index (χ1v) is 5.37. The van der Waals surface area contributed by atoms with Crippen LogP contribution in [0.2, 0.25) is 0 Å². The SMILES string of the molecule is Cc1cc(Cn2cc(Br)cn2)ccc1F. The van der Waals surface area contributed by atoms with E-state index in [1.807, 2.05) is 12.3 Å². The van der Waals surface area contributed by atoms with E-state index in [-0.39, 0.29) is 5.82 Å². The summed E-state index contributed by atoms with van der Waals surface area (Å²) in [7, 11) is 0. The van der Waals surface area contributed by atoms with Crippen LogP contribution in [-0.2, 0) is 6.54 Å². The molecule has 15 heavy (non-hydrogen) atoms. The van der Waals surface area contributed by atoms with Crippen molar-refractivity contribution in [2.45, 2.75) is 13.5 Å². The molecule has 1 aromatic heterocycles. The molecular formula is C11H10BrFN2. The van der Waals surface area contributed by atoms with Gasteiger partial charge >= 0.3 is 0 Å². The van der Waals surface area contributed by atoms with Crippen LogP contribution in [0.4, 0.5) is 4.39 Å². The lowest BCUT2D eigenvalue weighted by Crippen LogP contribution is -2.00. The monoisotopic (exact) mass is 268 g/mol. The van der Waals surface area contributed by atoms with Crippen molar-refractivity contribution in [3.05, 3.63) is 52.0 Å². The number of hydrogen-bond acceptors (Lipinski definition) is 1. The maximum Gasteiger partial charge on any atom is 0.126 e. The van der Waals surface area contributed by atoms with Crippen molar-refractivity contribution >= 4 is 15.9 Å². The maximum absolute atomic E-state index is 13.0. The highest BCUT2D eigenvalue weighted by Gasteiger charge is 2.01. The first-order chi connectivity index (χ1) is 7.15. The fourth-order valence-corrected chi connectivity index (χ4v) is 1.74. The molecule has 78 valence electrons. The first kappa shape index (κ1) is 10.4. The molecule has 0 spiro atoms. The molecule has 0 radical (unpaired) electrons. The molecule has 0 aliphatic heterocycles. The summed E-state index contributed by atoms with van der Waals surface area (Å²) < 4.78 is 15.8. The molecule has 0 amide bonds. The third kappa shape index (κ3) is 2.45. The van der Waals surface area contributed by atoms with Crippen LogP contribution in [0.5, 0.6) is 0 Å². The van der Waals surface area contributed by atoms with E-state index >= 15 is 0 Å². The van der Waals surface area contributed by atoms with Crippen molar-refractivity contribution in [3.8, 4) is 0 Å². The van der Waals surface area contributed by atoms with Gasteiger partial charge in [0, 0.05) is 6.20 Å². The fraction of sp³-hybridized carbons (Fsp3) is 0.182. The van der Waals surface area contributed by atoms with Gasteiger partial charge in [-0.05, 0) is 40.0 Å². The van der Waals surface area contributed by atoms with Crippen LogP contribution in [-0.4, -0.2) is 9.78 Å². The van der Waals surface area contributed by atoms with Crippen LogP contribution in [0.25, 0.3) is 0 Å². The van der Waals surface area contributed by atoms with Crippen LogP contribution in [0.3, 0.4) is 0 Å². The van der Waals surface area contributed by atoms with Gasteiger partial charge in [-0.1, -0.05) is 12.1 Å². The second-order valence-electron chi connectivity index (χ2n) is 3.44. The lowest BCUT2D eigenvalue weighted by molar-refractivity contribution is 0.615. The smallest absolute Gasteiger partial charge is 0.126 e. The minimum absolute atomic E-state index is 0.166. The molecule has 1 heterocycles. The largest absolute Gasteiger partial charge is 0.267 e. The van der Waals surface area contributed by atoms with Gasteiger partial charge in [0.2, 0.25) is 0 Å². The predicted molar refractivity (Wildman–Crippen MR) is 60.2 cm³/mol. The second-order valence-corrected chi connectivity index (χ2v) is 4.36. The van der Waals surface area contributed by atoms with E-state index in [9.17, 15) is 4.39 Å². The van der Waals surface area contributed by atoms with E-state index in [1.165, 1.54) is 6.07 Å². The van der Waals surface area contributed by atoms with Crippen molar-refractivity contribution in [1.82, 2.24) is 9.78 Å². The highest BCUT2D eigenvalue weighted by Crippen LogP contribution is 2.12. The molecule has 1 aromatic carbocycles. The van der Waals surface area contributed by atoms with E-state index in [0.717, 1.165) is 10.0 Å². The Kier molecular flexibility index (Phi) is 2.86. The van der Waals surface area contributed by atoms with Crippen molar-refractivity contribution in [2.24, 2.45) is 0 Å². The number of hydrogen-bond donors (Lipinski definition) is 0. The van der Waals surface area contributed by atoms with Crippen molar-refractivity contribution in [3.63, 3.8) is 0 Å². The van der Waals surface area contributed by atoms with E-state index in [4.69, 9.17) is 0 Å². The van der Waals surface area contributed by atoms with Crippen LogP contribution in [0.15, 0.2) is 35.1 Å². The highest BCUT2D eigenvalue weighted by atomic mass is 79.9. The summed E-state index contributed by atoms with van der Waals surface area (Å²) >= 11 is 3.33. The standard InChI is InChI=1S/C11H10BrFN2/c1-8-4-9(2-3-11(8)13)6-15-7-10(12)5-14-15/h2-5,7H,6H2,1H3. The molecule has 2 aromatic rings. The Labute approximate surface area is 95.9 Å². The summed E-state index contributed by atoms with van der Waals surface area (Å²) in [5, 5.41) is 4.14. The van der Waals surface area contributed by atoms with Crippen LogP contribution in [0.1, 0.15) is 11.1 Å². The molecule has 0 bridgehead atoms. The fourth-order valence-electron chi connectivity index (χ4n) is 1.42. The summed E-state index contributed by atoms with van der Waals surface area (Å²) in [4.78, 5) is 0. The number of rotatable bonds is 2. The van der Waals surface area contributed by atoms with Crippen LogP contribution < -0.4 is 0 Å². The second kappa shape index (κ2) is 4.14. The first-order valence-electron chi connectivity index (χ1n) is 4.58. The third-order valence-corrected chi connectivity index (χ3v) is 2.58. The average Bonchev–Trinajstić information content (AvgIpc) is 2.58. The van der Waals surface area contributed by atoms with Gasteiger partial charge in [-0.3, -0.25) is 4.68 Å². The Balaban J connectivity index is 2.21. The molecule has 0 unspecified atom stereocenters. The zero-order valence-corrected chi connectivity index (χ0v) is 9.83. The number of benzene rings is 1. The molecule has 0 aliphatic carbocycles. The number of aryl methyl sites for hydroxylation is 1. The topological polar surface area (TPSA) is 17.8 Å². The van der Waals surface area contributed by atoms with Gasteiger partial charge in [0.1, 0.15) is 5.82 Å². The molecule has 4 heteroatoms. The van der Waals surface area contributed by atoms with E-state index in [1.54, 1.807) is 23.9 Å². The summed E-state index contributed by atoms with van der Waals surface area (Å²) in [6.45, 7) is 2.42. The molecule has 0 N–H and O–H groups in total. The van der Waals surface area contributed by atoms with Gasteiger partial charge in [0.05, 0.1) is 17.2 Å². The molecule has 2 rings (SSSR count). The number of aromatic nitrogens is 2. The molecule has 0 atom stereocenters. The number of nitrogens with zero attached hydrogens (tertiary/aromatic N) is 2. The number of halogens is 2. The van der Waals surface area contributed by atoms with Gasteiger partial charge in [-0.15, -0.1) is 0 Å². The molecular weight excluding hydrogens is 259 g/mol. The summed E-state index contributed by atoms with van der Waals surface area (Å²) in [5.41, 5.74) is 1.71. The molecule has 0 saturated heterocycles.